The van der Waals surface area contributed by atoms with Crippen LogP contribution in [-0.4, -0.2) is 24.1 Å². The number of carboxylic acids is 1. The average Bonchev–Trinajstić information content (AvgIpc) is 2.48. The van der Waals surface area contributed by atoms with E-state index in [0.29, 0.717) is 23.8 Å². The number of methoxy groups -OCH3 is 1. The van der Waals surface area contributed by atoms with E-state index in [2.05, 4.69) is 5.32 Å². The number of carboxylic acid groups (broad SMARTS) is 1. The second-order valence-corrected chi connectivity index (χ2v) is 5.48. The topological polar surface area (TPSA) is 75.6 Å². The molecule has 0 saturated heterocycles. The summed E-state index contributed by atoms with van der Waals surface area (Å²) < 4.78 is 5.15. The van der Waals surface area contributed by atoms with Gasteiger partial charge in [0.1, 0.15) is 5.75 Å². The van der Waals surface area contributed by atoms with Gasteiger partial charge in [-0.15, -0.1) is 0 Å². The maximum Gasteiger partial charge on any atom is 0.335 e. The summed E-state index contributed by atoms with van der Waals surface area (Å²) >= 11 is 0. The molecule has 0 spiro atoms. The van der Waals surface area contributed by atoms with Crippen LogP contribution in [0.5, 0.6) is 5.75 Å². The monoisotopic (exact) mass is 291 g/mol. The molecule has 0 aromatic heterocycles. The van der Waals surface area contributed by atoms with Crippen LogP contribution in [-0.2, 0) is 4.79 Å². The molecule has 5 heteroatoms. The number of benzene rings is 1. The van der Waals surface area contributed by atoms with Gasteiger partial charge in [0.25, 0.3) is 0 Å². The van der Waals surface area contributed by atoms with Crippen LogP contribution in [0.15, 0.2) is 18.2 Å². The van der Waals surface area contributed by atoms with Crippen LogP contribution in [0, 0.1) is 5.92 Å². The van der Waals surface area contributed by atoms with E-state index >= 15 is 0 Å². The number of carbonyl (C=O) groups is 2. The Kier molecular flexibility index (Phi) is 5.20. The molecule has 0 aliphatic heterocycles. The van der Waals surface area contributed by atoms with E-state index in [1.807, 2.05) is 0 Å². The van der Waals surface area contributed by atoms with E-state index < -0.39 is 5.97 Å². The minimum Gasteiger partial charge on any atom is -0.495 e. The average molecular weight is 291 g/mol. The first-order valence-corrected chi connectivity index (χ1v) is 7.31. The molecule has 5 nitrogen and oxygen atoms in total. The Bertz CT molecular complexity index is 521. The highest BCUT2D eigenvalue weighted by Gasteiger charge is 2.18. The highest BCUT2D eigenvalue weighted by Crippen LogP contribution is 2.29. The molecule has 1 aliphatic carbocycles. The third-order valence-electron chi connectivity index (χ3n) is 3.92. The Hall–Kier alpha value is -2.04. The summed E-state index contributed by atoms with van der Waals surface area (Å²) in [6.07, 6.45) is 6.42. The number of anilines is 1. The molecule has 1 aromatic rings. The molecule has 0 unspecified atom stereocenters. The summed E-state index contributed by atoms with van der Waals surface area (Å²) in [5.41, 5.74) is 0.653. The normalized spacial score (nSPS) is 15.5. The van der Waals surface area contributed by atoms with Gasteiger partial charge in [-0.1, -0.05) is 19.3 Å². The zero-order chi connectivity index (χ0) is 15.2. The van der Waals surface area contributed by atoms with Gasteiger partial charge in [-0.3, -0.25) is 4.79 Å². The van der Waals surface area contributed by atoms with Gasteiger partial charge < -0.3 is 15.2 Å². The number of aromatic carboxylic acids is 1. The van der Waals surface area contributed by atoms with Crippen LogP contribution < -0.4 is 10.1 Å². The summed E-state index contributed by atoms with van der Waals surface area (Å²) in [6.45, 7) is 0. The van der Waals surface area contributed by atoms with E-state index in [0.717, 1.165) is 12.8 Å². The lowest BCUT2D eigenvalue weighted by Crippen LogP contribution is -2.18. The van der Waals surface area contributed by atoms with E-state index in [1.54, 1.807) is 6.07 Å². The minimum absolute atomic E-state index is 0.0386. The summed E-state index contributed by atoms with van der Waals surface area (Å²) in [4.78, 5) is 23.0. The number of rotatable bonds is 5. The standard InChI is InChI=1S/C16H21NO4/c1-21-14-10-12(16(19)20)7-8-13(14)17-15(18)9-11-5-3-2-4-6-11/h7-8,10-11H,2-6,9H2,1H3,(H,17,18)(H,19,20). The van der Waals surface area contributed by atoms with Gasteiger partial charge in [0.2, 0.25) is 5.91 Å². The molecule has 2 N–H and O–H groups in total. The van der Waals surface area contributed by atoms with E-state index in [9.17, 15) is 9.59 Å². The van der Waals surface area contributed by atoms with E-state index in [4.69, 9.17) is 9.84 Å². The van der Waals surface area contributed by atoms with Crippen molar-refractivity contribution in [2.45, 2.75) is 38.5 Å². The van der Waals surface area contributed by atoms with Gasteiger partial charge >= 0.3 is 5.97 Å². The lowest BCUT2D eigenvalue weighted by Gasteiger charge is -2.21. The van der Waals surface area contributed by atoms with Crippen LogP contribution in [0.2, 0.25) is 0 Å². The fourth-order valence-electron chi connectivity index (χ4n) is 2.78. The van der Waals surface area contributed by atoms with Crippen LogP contribution in [0.1, 0.15) is 48.9 Å². The smallest absolute Gasteiger partial charge is 0.335 e. The number of hydrogen-bond acceptors (Lipinski definition) is 3. The van der Waals surface area contributed by atoms with E-state index in [1.165, 1.54) is 38.5 Å². The number of ether oxygens (including phenoxy) is 1. The molecule has 21 heavy (non-hydrogen) atoms. The van der Waals surface area contributed by atoms with Crippen molar-refractivity contribution in [3.05, 3.63) is 23.8 Å². The Morgan fingerprint density at radius 2 is 2.00 bits per heavy atom. The van der Waals surface area contributed by atoms with Gasteiger partial charge in [0.05, 0.1) is 18.4 Å². The first-order chi connectivity index (χ1) is 10.1. The molecule has 0 atom stereocenters. The molecular formula is C16H21NO4. The summed E-state index contributed by atoms with van der Waals surface area (Å²) in [5.74, 6) is -0.230. The van der Waals surface area contributed by atoms with Gasteiger partial charge in [-0.2, -0.15) is 0 Å². The zero-order valence-corrected chi connectivity index (χ0v) is 12.2. The quantitative estimate of drug-likeness (QED) is 0.872. The third-order valence-corrected chi connectivity index (χ3v) is 3.92. The molecule has 1 aromatic carbocycles. The molecule has 1 fully saturated rings. The molecular weight excluding hydrogens is 270 g/mol. The molecule has 2 rings (SSSR count). The third kappa shape index (κ3) is 4.21. The van der Waals surface area contributed by atoms with Gasteiger partial charge in [-0.05, 0) is 37.0 Å². The Labute approximate surface area is 124 Å². The lowest BCUT2D eigenvalue weighted by molar-refractivity contribution is -0.117. The maximum atomic E-state index is 12.1. The van der Waals surface area contributed by atoms with Crippen molar-refractivity contribution in [2.75, 3.05) is 12.4 Å². The number of nitrogens with one attached hydrogen (secondary N) is 1. The predicted octanol–water partition coefficient (Wildman–Crippen LogP) is 3.30. The van der Waals surface area contributed by atoms with Gasteiger partial charge in [-0.25, -0.2) is 4.79 Å². The molecule has 0 heterocycles. The Morgan fingerprint density at radius 1 is 1.29 bits per heavy atom. The summed E-state index contributed by atoms with van der Waals surface area (Å²) in [6, 6.07) is 4.45. The summed E-state index contributed by atoms with van der Waals surface area (Å²) in [7, 11) is 1.46. The van der Waals surface area contributed by atoms with Crippen molar-refractivity contribution < 1.29 is 19.4 Å². The van der Waals surface area contributed by atoms with Crippen LogP contribution in [0.25, 0.3) is 0 Å². The maximum absolute atomic E-state index is 12.1. The Balaban J connectivity index is 2.00. The largest absolute Gasteiger partial charge is 0.495 e. The number of amides is 1. The first-order valence-electron chi connectivity index (χ1n) is 7.31. The Morgan fingerprint density at radius 3 is 2.62 bits per heavy atom. The molecule has 1 aliphatic rings. The summed E-state index contributed by atoms with van der Waals surface area (Å²) in [5, 5.41) is 11.8. The van der Waals surface area contributed by atoms with Crippen molar-refractivity contribution in [1.82, 2.24) is 0 Å². The van der Waals surface area contributed by atoms with Crippen molar-refractivity contribution in [2.24, 2.45) is 5.92 Å². The SMILES string of the molecule is COc1cc(C(=O)O)ccc1NC(=O)CC1CCCCC1. The zero-order valence-electron chi connectivity index (χ0n) is 12.2. The van der Waals surface area contributed by atoms with Gasteiger partial charge in [0, 0.05) is 6.42 Å². The molecule has 0 radical (unpaired) electrons. The van der Waals surface area contributed by atoms with Crippen molar-refractivity contribution in [3.8, 4) is 5.75 Å². The van der Waals surface area contributed by atoms with Crippen LogP contribution >= 0.6 is 0 Å². The number of carbonyl (C=O) groups excluding carboxylic acids is 1. The second-order valence-electron chi connectivity index (χ2n) is 5.48. The lowest BCUT2D eigenvalue weighted by atomic mass is 9.87. The van der Waals surface area contributed by atoms with Crippen molar-refractivity contribution in [3.63, 3.8) is 0 Å². The second kappa shape index (κ2) is 7.11. The van der Waals surface area contributed by atoms with Gasteiger partial charge in [0.15, 0.2) is 0 Å². The van der Waals surface area contributed by atoms with E-state index in [-0.39, 0.29) is 11.5 Å². The fraction of sp³-hybridized carbons (Fsp3) is 0.500. The molecule has 114 valence electrons. The fourth-order valence-corrected chi connectivity index (χ4v) is 2.78. The predicted molar refractivity (Wildman–Crippen MR) is 79.8 cm³/mol. The van der Waals surface area contributed by atoms with Crippen molar-refractivity contribution >= 4 is 17.6 Å². The molecule has 0 bridgehead atoms. The molecule has 1 saturated carbocycles. The molecule has 1 amide bonds. The highest BCUT2D eigenvalue weighted by molar-refractivity contribution is 5.94. The van der Waals surface area contributed by atoms with Crippen molar-refractivity contribution in [1.29, 1.82) is 0 Å². The first kappa shape index (κ1) is 15.4. The number of hydrogen-bond donors (Lipinski definition) is 2. The minimum atomic E-state index is -1.02. The van der Waals surface area contributed by atoms with Crippen LogP contribution in [0.4, 0.5) is 5.69 Å². The van der Waals surface area contributed by atoms with Crippen LogP contribution in [0.3, 0.4) is 0 Å². The highest BCUT2D eigenvalue weighted by atomic mass is 16.5.